The van der Waals surface area contributed by atoms with Crippen LogP contribution in [0.15, 0.2) is 23.3 Å². The van der Waals surface area contributed by atoms with Gasteiger partial charge in [-0.3, -0.25) is 9.59 Å². The van der Waals surface area contributed by atoms with Crippen LogP contribution in [-0.4, -0.2) is 36.3 Å². The fourth-order valence-electron chi connectivity index (χ4n) is 1.20. The van der Waals surface area contributed by atoms with Crippen LogP contribution in [0.4, 0.5) is 23.7 Å². The van der Waals surface area contributed by atoms with Crippen molar-refractivity contribution in [2.24, 2.45) is 0 Å². The zero-order valence-electron chi connectivity index (χ0n) is 10.6. The molecule has 1 heterocycles. The van der Waals surface area contributed by atoms with E-state index in [0.29, 0.717) is 0 Å². The van der Waals surface area contributed by atoms with E-state index in [-0.39, 0.29) is 18.7 Å². The maximum atomic E-state index is 11.7. The van der Waals surface area contributed by atoms with E-state index in [1.54, 1.807) is 0 Å². The highest BCUT2D eigenvalue weighted by molar-refractivity contribution is 5.90. The van der Waals surface area contributed by atoms with Crippen LogP contribution < -0.4 is 16.1 Å². The molecule has 0 saturated carbocycles. The van der Waals surface area contributed by atoms with Crippen LogP contribution in [0, 0.1) is 0 Å². The van der Waals surface area contributed by atoms with Gasteiger partial charge < -0.3 is 20.4 Å². The maximum Gasteiger partial charge on any atom is 0.422 e. The number of pyridine rings is 1. The van der Waals surface area contributed by atoms with Gasteiger partial charge in [-0.15, -0.1) is 0 Å². The number of alkyl carbamates (subject to hydrolysis) is 1. The summed E-state index contributed by atoms with van der Waals surface area (Å²) in [6.45, 7) is -1.93. The van der Waals surface area contributed by atoms with Gasteiger partial charge in [-0.05, 0) is 0 Å². The minimum absolute atomic E-state index is 0.0298. The molecule has 0 bridgehead atoms. The summed E-state index contributed by atoms with van der Waals surface area (Å²) in [4.78, 5) is 36.2. The molecule has 1 aromatic rings. The van der Waals surface area contributed by atoms with E-state index in [2.05, 4.69) is 15.0 Å². The first-order valence-electron chi connectivity index (χ1n) is 5.72. The second-order valence-corrected chi connectivity index (χ2v) is 3.84. The van der Waals surface area contributed by atoms with Crippen molar-refractivity contribution < 1.29 is 27.5 Å². The van der Waals surface area contributed by atoms with Crippen LogP contribution in [0.3, 0.4) is 0 Å². The molecule has 1 aromatic heterocycles. The molecule has 0 radical (unpaired) electrons. The number of alkyl halides is 3. The molecule has 3 N–H and O–H groups in total. The highest BCUT2D eigenvalue weighted by atomic mass is 19.4. The van der Waals surface area contributed by atoms with E-state index in [0.717, 1.165) is 0 Å². The molecule has 0 saturated heterocycles. The average molecular weight is 307 g/mol. The van der Waals surface area contributed by atoms with Crippen molar-refractivity contribution in [1.82, 2.24) is 10.3 Å². The van der Waals surface area contributed by atoms with Gasteiger partial charge in [-0.2, -0.15) is 13.2 Å². The Balaban J connectivity index is 2.27. The van der Waals surface area contributed by atoms with Crippen molar-refractivity contribution in [3.63, 3.8) is 0 Å². The number of carbonyl (C=O) groups excluding carboxylic acids is 2. The van der Waals surface area contributed by atoms with E-state index in [4.69, 9.17) is 0 Å². The van der Waals surface area contributed by atoms with E-state index < -0.39 is 30.2 Å². The Bertz CT molecular complexity index is 556. The minimum atomic E-state index is -4.61. The first kappa shape index (κ1) is 16.5. The Kier molecular flexibility index (Phi) is 5.76. The number of hydrogen-bond donors (Lipinski definition) is 3. The Morgan fingerprint density at radius 2 is 2.05 bits per heavy atom. The fraction of sp³-hybridized carbons (Fsp3) is 0.364. The standard InChI is InChI=1S/C11H12F3N3O4/c12-11(13,14)6-21-10(20)16-4-2-9(19)17-7-5-15-3-1-8(7)18/h1,3,5H,2,4,6H2,(H,15,18)(H,16,20)(H,17,19). The summed E-state index contributed by atoms with van der Waals surface area (Å²) in [5, 5.41) is 4.26. The number of halogens is 3. The molecule has 7 nitrogen and oxygen atoms in total. The highest BCUT2D eigenvalue weighted by Gasteiger charge is 2.29. The Morgan fingerprint density at radius 3 is 2.67 bits per heavy atom. The molecule has 21 heavy (non-hydrogen) atoms. The molecule has 0 aromatic carbocycles. The van der Waals surface area contributed by atoms with Gasteiger partial charge in [-0.1, -0.05) is 0 Å². The topological polar surface area (TPSA) is 100 Å². The smallest absolute Gasteiger partial charge is 0.422 e. The van der Waals surface area contributed by atoms with Gasteiger partial charge in [-0.25, -0.2) is 4.79 Å². The molecule has 0 spiro atoms. The number of nitrogens with one attached hydrogen (secondary N) is 3. The summed E-state index contributed by atoms with van der Waals surface area (Å²) in [6.07, 6.45) is -3.45. The van der Waals surface area contributed by atoms with E-state index in [9.17, 15) is 27.6 Å². The quantitative estimate of drug-likeness (QED) is 0.755. The van der Waals surface area contributed by atoms with E-state index in [1.165, 1.54) is 18.5 Å². The molecular formula is C11H12F3N3O4. The molecule has 0 aliphatic carbocycles. The minimum Gasteiger partial charge on any atom is -0.440 e. The predicted molar refractivity (Wildman–Crippen MR) is 65.7 cm³/mol. The third kappa shape index (κ3) is 6.99. The van der Waals surface area contributed by atoms with Crippen molar-refractivity contribution in [3.05, 3.63) is 28.7 Å². The second-order valence-electron chi connectivity index (χ2n) is 3.84. The molecule has 0 aliphatic heterocycles. The molecule has 116 valence electrons. The third-order valence-corrected chi connectivity index (χ3v) is 2.09. The van der Waals surface area contributed by atoms with Crippen LogP contribution in [0.5, 0.6) is 0 Å². The molecule has 0 atom stereocenters. The van der Waals surface area contributed by atoms with Gasteiger partial charge in [0, 0.05) is 31.4 Å². The average Bonchev–Trinajstić information content (AvgIpc) is 2.38. The zero-order chi connectivity index (χ0) is 15.9. The summed E-state index contributed by atoms with van der Waals surface area (Å²) in [6, 6.07) is 1.21. The second kappa shape index (κ2) is 7.31. The van der Waals surface area contributed by atoms with Gasteiger partial charge in [0.15, 0.2) is 6.61 Å². The summed E-state index contributed by atoms with van der Waals surface area (Å²) in [5.41, 5.74) is -0.373. The predicted octanol–water partition coefficient (Wildman–Crippen LogP) is 0.992. The number of anilines is 1. The third-order valence-electron chi connectivity index (χ3n) is 2.09. The van der Waals surface area contributed by atoms with Crippen LogP contribution in [0.1, 0.15) is 6.42 Å². The molecular weight excluding hydrogens is 295 g/mol. The Labute approximate surface area is 116 Å². The lowest BCUT2D eigenvalue weighted by Gasteiger charge is -2.09. The molecule has 10 heteroatoms. The van der Waals surface area contributed by atoms with Gasteiger partial charge in [0.25, 0.3) is 0 Å². The molecule has 1 rings (SSSR count). The number of carbonyl (C=O) groups is 2. The van der Waals surface area contributed by atoms with Crippen molar-refractivity contribution in [1.29, 1.82) is 0 Å². The normalized spacial score (nSPS) is 10.8. The van der Waals surface area contributed by atoms with Gasteiger partial charge in [0.1, 0.15) is 5.69 Å². The molecule has 2 amide bonds. The largest absolute Gasteiger partial charge is 0.440 e. The maximum absolute atomic E-state index is 11.7. The number of H-pyrrole nitrogens is 1. The summed E-state index contributed by atoms with van der Waals surface area (Å²) >= 11 is 0. The SMILES string of the molecule is O=C(CCNC(=O)OCC(F)(F)F)Nc1c[nH]ccc1=O. The van der Waals surface area contributed by atoms with E-state index >= 15 is 0 Å². The van der Waals surface area contributed by atoms with Gasteiger partial charge >= 0.3 is 12.3 Å². The number of ether oxygens (including phenoxy) is 1. The van der Waals surface area contributed by atoms with Gasteiger partial charge in [0.05, 0.1) is 0 Å². The number of amides is 2. The number of rotatable bonds is 5. The van der Waals surface area contributed by atoms with Crippen LogP contribution >= 0.6 is 0 Å². The van der Waals surface area contributed by atoms with Gasteiger partial charge in [0.2, 0.25) is 11.3 Å². The number of aromatic nitrogens is 1. The first-order chi connectivity index (χ1) is 9.78. The van der Waals surface area contributed by atoms with Crippen molar-refractivity contribution in [2.45, 2.75) is 12.6 Å². The molecule has 0 fully saturated rings. The van der Waals surface area contributed by atoms with Crippen molar-refractivity contribution in [3.8, 4) is 0 Å². The van der Waals surface area contributed by atoms with Crippen molar-refractivity contribution >= 4 is 17.7 Å². The summed E-state index contributed by atoms with van der Waals surface area (Å²) < 4.78 is 39.1. The number of hydrogen-bond acceptors (Lipinski definition) is 4. The number of aromatic amines is 1. The Morgan fingerprint density at radius 1 is 1.33 bits per heavy atom. The van der Waals surface area contributed by atoms with Crippen molar-refractivity contribution in [2.75, 3.05) is 18.5 Å². The zero-order valence-corrected chi connectivity index (χ0v) is 10.6. The lowest BCUT2D eigenvalue weighted by atomic mass is 10.3. The summed E-state index contributed by atoms with van der Waals surface area (Å²) in [7, 11) is 0. The van der Waals surface area contributed by atoms with Crippen LogP contribution in [0.2, 0.25) is 0 Å². The fourth-order valence-corrected chi connectivity index (χ4v) is 1.20. The lowest BCUT2D eigenvalue weighted by molar-refractivity contribution is -0.160. The van der Waals surface area contributed by atoms with Crippen LogP contribution in [-0.2, 0) is 9.53 Å². The molecule has 0 aliphatic rings. The van der Waals surface area contributed by atoms with E-state index in [1.807, 2.05) is 5.32 Å². The first-order valence-corrected chi connectivity index (χ1v) is 5.72. The lowest BCUT2D eigenvalue weighted by Crippen LogP contribution is -2.31. The Hall–Kier alpha value is -2.52. The monoisotopic (exact) mass is 307 g/mol. The van der Waals surface area contributed by atoms with Crippen LogP contribution in [0.25, 0.3) is 0 Å². The molecule has 0 unspecified atom stereocenters. The highest BCUT2D eigenvalue weighted by Crippen LogP contribution is 2.14. The summed E-state index contributed by atoms with van der Waals surface area (Å²) in [5.74, 6) is -0.581.